The standard InChI is InChI=1S/C21H18N4O2/c1-24(2)20-8-7-17(12-23-20)14-3-5-15(6-4-14)18-11-16-9-10-22-13-19(16)25(18)21(26)27/h3-13H,1-2H3,(H,26,27). The average Bonchev–Trinajstić information content (AvgIpc) is 3.08. The normalized spacial score (nSPS) is 10.9. The summed E-state index contributed by atoms with van der Waals surface area (Å²) in [6.07, 6.45) is 4.04. The van der Waals surface area contributed by atoms with Gasteiger partial charge in [-0.1, -0.05) is 24.3 Å². The summed E-state index contributed by atoms with van der Waals surface area (Å²) in [6.45, 7) is 0. The second-order valence-corrected chi connectivity index (χ2v) is 6.46. The van der Waals surface area contributed by atoms with E-state index in [2.05, 4.69) is 9.97 Å². The molecule has 0 unspecified atom stereocenters. The number of nitrogens with zero attached hydrogens (tertiary/aromatic N) is 4. The Morgan fingerprint density at radius 3 is 2.30 bits per heavy atom. The van der Waals surface area contributed by atoms with Crippen LogP contribution in [-0.2, 0) is 0 Å². The van der Waals surface area contributed by atoms with E-state index in [1.54, 1.807) is 12.4 Å². The number of aromatic nitrogens is 3. The van der Waals surface area contributed by atoms with Crippen molar-refractivity contribution < 1.29 is 9.90 Å². The van der Waals surface area contributed by atoms with E-state index in [4.69, 9.17) is 0 Å². The molecule has 27 heavy (non-hydrogen) atoms. The molecule has 6 nitrogen and oxygen atoms in total. The summed E-state index contributed by atoms with van der Waals surface area (Å²) >= 11 is 0. The molecule has 0 saturated carbocycles. The molecule has 0 aliphatic heterocycles. The molecule has 0 fully saturated rings. The van der Waals surface area contributed by atoms with Crippen molar-refractivity contribution in [3.8, 4) is 22.4 Å². The van der Waals surface area contributed by atoms with Crippen LogP contribution in [0.1, 0.15) is 0 Å². The molecule has 0 aliphatic carbocycles. The number of hydrogen-bond acceptors (Lipinski definition) is 4. The minimum atomic E-state index is -1.03. The minimum absolute atomic E-state index is 0.576. The van der Waals surface area contributed by atoms with Crippen LogP contribution in [-0.4, -0.2) is 39.8 Å². The predicted molar refractivity (Wildman–Crippen MR) is 106 cm³/mol. The van der Waals surface area contributed by atoms with Crippen molar-refractivity contribution in [2.75, 3.05) is 19.0 Å². The first-order chi connectivity index (χ1) is 13.0. The third kappa shape index (κ3) is 3.01. The molecule has 1 N–H and O–H groups in total. The van der Waals surface area contributed by atoms with Crippen LogP contribution in [0.4, 0.5) is 10.6 Å². The van der Waals surface area contributed by atoms with E-state index in [0.29, 0.717) is 11.2 Å². The first kappa shape index (κ1) is 16.8. The van der Waals surface area contributed by atoms with E-state index in [1.165, 1.54) is 4.57 Å². The topological polar surface area (TPSA) is 71.2 Å². The molecule has 134 valence electrons. The van der Waals surface area contributed by atoms with Gasteiger partial charge in [0.1, 0.15) is 5.82 Å². The maximum absolute atomic E-state index is 11.8. The highest BCUT2D eigenvalue weighted by Gasteiger charge is 2.15. The Morgan fingerprint density at radius 1 is 0.963 bits per heavy atom. The Balaban J connectivity index is 1.73. The predicted octanol–water partition coefficient (Wildman–Crippen LogP) is 4.36. The number of benzene rings is 1. The van der Waals surface area contributed by atoms with Crippen LogP contribution in [0.25, 0.3) is 33.3 Å². The van der Waals surface area contributed by atoms with E-state index >= 15 is 0 Å². The number of pyridine rings is 2. The number of fused-ring (bicyclic) bond motifs is 1. The molecule has 6 heteroatoms. The highest BCUT2D eigenvalue weighted by molar-refractivity contribution is 5.95. The van der Waals surface area contributed by atoms with E-state index in [0.717, 1.165) is 27.9 Å². The lowest BCUT2D eigenvalue weighted by atomic mass is 10.0. The van der Waals surface area contributed by atoms with Crippen molar-refractivity contribution in [3.63, 3.8) is 0 Å². The summed E-state index contributed by atoms with van der Waals surface area (Å²) in [6, 6.07) is 15.5. The minimum Gasteiger partial charge on any atom is -0.464 e. The van der Waals surface area contributed by atoms with Crippen LogP contribution in [0, 0.1) is 0 Å². The van der Waals surface area contributed by atoms with Gasteiger partial charge < -0.3 is 10.0 Å². The van der Waals surface area contributed by atoms with Gasteiger partial charge in [-0.25, -0.2) is 14.3 Å². The van der Waals surface area contributed by atoms with Crippen molar-refractivity contribution in [3.05, 3.63) is 67.1 Å². The maximum atomic E-state index is 11.8. The van der Waals surface area contributed by atoms with E-state index < -0.39 is 6.09 Å². The van der Waals surface area contributed by atoms with Crippen molar-refractivity contribution in [2.24, 2.45) is 0 Å². The van der Waals surface area contributed by atoms with Gasteiger partial charge in [0.25, 0.3) is 0 Å². The number of carboxylic acid groups (broad SMARTS) is 1. The van der Waals surface area contributed by atoms with Crippen molar-refractivity contribution in [1.29, 1.82) is 0 Å². The highest BCUT2D eigenvalue weighted by Crippen LogP contribution is 2.30. The zero-order chi connectivity index (χ0) is 19.0. The Labute approximate surface area is 156 Å². The Kier molecular flexibility index (Phi) is 4.08. The van der Waals surface area contributed by atoms with Gasteiger partial charge in [-0.2, -0.15) is 0 Å². The van der Waals surface area contributed by atoms with E-state index in [9.17, 15) is 9.90 Å². The van der Waals surface area contributed by atoms with Gasteiger partial charge in [0.05, 0.1) is 17.4 Å². The maximum Gasteiger partial charge on any atom is 0.416 e. The molecular weight excluding hydrogens is 340 g/mol. The van der Waals surface area contributed by atoms with Crippen LogP contribution in [0.3, 0.4) is 0 Å². The third-order valence-corrected chi connectivity index (χ3v) is 4.52. The van der Waals surface area contributed by atoms with Gasteiger partial charge in [-0.05, 0) is 35.4 Å². The van der Waals surface area contributed by atoms with Crippen molar-refractivity contribution >= 4 is 22.8 Å². The van der Waals surface area contributed by atoms with Crippen molar-refractivity contribution in [2.45, 2.75) is 0 Å². The van der Waals surface area contributed by atoms with E-state index in [-0.39, 0.29) is 0 Å². The Morgan fingerprint density at radius 2 is 1.67 bits per heavy atom. The quantitative estimate of drug-likeness (QED) is 0.589. The molecule has 4 aromatic rings. The fraction of sp³-hybridized carbons (Fsp3) is 0.0952. The van der Waals surface area contributed by atoms with Gasteiger partial charge >= 0.3 is 6.09 Å². The van der Waals surface area contributed by atoms with Gasteiger partial charge in [0.2, 0.25) is 0 Å². The number of rotatable bonds is 3. The monoisotopic (exact) mass is 358 g/mol. The lowest BCUT2D eigenvalue weighted by molar-refractivity contribution is 0.198. The van der Waals surface area contributed by atoms with Gasteiger partial charge in [-0.3, -0.25) is 4.98 Å². The molecule has 0 atom stereocenters. The molecular formula is C21H18N4O2. The Hall–Kier alpha value is -3.67. The smallest absolute Gasteiger partial charge is 0.416 e. The molecule has 1 aromatic carbocycles. The van der Waals surface area contributed by atoms with Crippen molar-refractivity contribution in [1.82, 2.24) is 14.5 Å². The molecule has 4 rings (SSSR count). The lowest BCUT2D eigenvalue weighted by Crippen LogP contribution is -2.10. The first-order valence-corrected chi connectivity index (χ1v) is 8.47. The average molecular weight is 358 g/mol. The second-order valence-electron chi connectivity index (χ2n) is 6.46. The second kappa shape index (κ2) is 6.57. The molecule has 0 bridgehead atoms. The molecule has 3 aromatic heterocycles. The largest absolute Gasteiger partial charge is 0.464 e. The summed E-state index contributed by atoms with van der Waals surface area (Å²) in [5.74, 6) is 0.898. The molecule has 0 radical (unpaired) electrons. The fourth-order valence-corrected chi connectivity index (χ4v) is 3.12. The Bertz CT molecular complexity index is 1110. The van der Waals surface area contributed by atoms with Crippen LogP contribution in [0.5, 0.6) is 0 Å². The van der Waals surface area contributed by atoms with Crippen LogP contribution in [0.15, 0.2) is 67.1 Å². The third-order valence-electron chi connectivity index (χ3n) is 4.52. The van der Waals surface area contributed by atoms with Gasteiger partial charge in [-0.15, -0.1) is 0 Å². The lowest BCUT2D eigenvalue weighted by Gasteiger charge is -2.11. The van der Waals surface area contributed by atoms with Gasteiger partial charge in [0, 0.05) is 37.4 Å². The molecule has 0 amide bonds. The van der Waals surface area contributed by atoms with Crippen LogP contribution < -0.4 is 4.90 Å². The summed E-state index contributed by atoms with van der Waals surface area (Å²) in [4.78, 5) is 22.2. The zero-order valence-corrected chi connectivity index (χ0v) is 15.0. The SMILES string of the molecule is CN(C)c1ccc(-c2ccc(-c3cc4ccncc4n3C(=O)O)cc2)cn1. The number of anilines is 1. The van der Waals surface area contributed by atoms with Crippen LogP contribution in [0.2, 0.25) is 0 Å². The summed E-state index contributed by atoms with van der Waals surface area (Å²) < 4.78 is 1.27. The molecule has 0 spiro atoms. The molecule has 0 saturated heterocycles. The summed E-state index contributed by atoms with van der Waals surface area (Å²) in [7, 11) is 3.90. The first-order valence-electron chi connectivity index (χ1n) is 8.47. The van der Waals surface area contributed by atoms with Gasteiger partial charge in [0.15, 0.2) is 0 Å². The number of carbonyl (C=O) groups is 1. The molecule has 3 heterocycles. The highest BCUT2D eigenvalue weighted by atomic mass is 16.4. The number of hydrogen-bond donors (Lipinski definition) is 1. The fourth-order valence-electron chi connectivity index (χ4n) is 3.12. The molecule has 0 aliphatic rings. The van der Waals surface area contributed by atoms with E-state index in [1.807, 2.05) is 73.7 Å². The zero-order valence-electron chi connectivity index (χ0n) is 15.0. The van der Waals surface area contributed by atoms with Crippen LogP contribution >= 0.6 is 0 Å². The summed E-state index contributed by atoms with van der Waals surface area (Å²) in [5, 5.41) is 10.5. The summed E-state index contributed by atoms with van der Waals surface area (Å²) in [5.41, 5.74) is 4.06.